The Morgan fingerprint density at radius 2 is 1.85 bits per heavy atom. The predicted molar refractivity (Wildman–Crippen MR) is 106 cm³/mol. The van der Waals surface area contributed by atoms with Crippen LogP contribution in [0.25, 0.3) is 0 Å². The molecule has 144 valence electrons. The molecular weight excluding hydrogens is 366 g/mol. The van der Waals surface area contributed by atoms with E-state index >= 15 is 0 Å². The molecule has 0 spiro atoms. The molecule has 0 unspecified atom stereocenters. The van der Waals surface area contributed by atoms with Gasteiger partial charge in [0.2, 0.25) is 0 Å². The van der Waals surface area contributed by atoms with E-state index in [-0.39, 0.29) is 11.5 Å². The second kappa shape index (κ2) is 10.6. The zero-order valence-electron chi connectivity index (χ0n) is 15.3. The third kappa shape index (κ3) is 6.61. The number of carbonyl (C=O) groups excluding carboxylic acids is 1. The second-order valence-electron chi connectivity index (χ2n) is 6.20. The van der Waals surface area contributed by atoms with Gasteiger partial charge in [0.25, 0.3) is 5.91 Å². The minimum atomic E-state index is -0.956. The zero-order chi connectivity index (χ0) is 19.6. The summed E-state index contributed by atoms with van der Waals surface area (Å²) < 4.78 is 5.74. The summed E-state index contributed by atoms with van der Waals surface area (Å²) in [5, 5.41) is 12.2. The summed E-state index contributed by atoms with van der Waals surface area (Å²) in [6, 6.07) is 11.6. The lowest BCUT2D eigenvalue weighted by molar-refractivity contribution is 0.0696. The van der Waals surface area contributed by atoms with Crippen LogP contribution in [-0.4, -0.2) is 30.1 Å². The molecule has 1 amide bonds. The van der Waals surface area contributed by atoms with E-state index in [1.165, 1.54) is 0 Å². The fourth-order valence-corrected chi connectivity index (χ4v) is 2.74. The molecule has 0 aliphatic carbocycles. The van der Waals surface area contributed by atoms with Crippen molar-refractivity contribution >= 4 is 23.5 Å². The number of carbonyl (C=O) groups is 2. The van der Waals surface area contributed by atoms with Crippen molar-refractivity contribution in [1.29, 1.82) is 0 Å². The van der Waals surface area contributed by atoms with E-state index in [4.69, 9.17) is 21.4 Å². The van der Waals surface area contributed by atoms with E-state index in [9.17, 15) is 9.59 Å². The number of unbranched alkanes of at least 4 members (excludes halogenated alkanes) is 2. The minimum Gasteiger partial charge on any atom is -0.493 e. The molecule has 0 saturated heterocycles. The maximum atomic E-state index is 12.5. The van der Waals surface area contributed by atoms with E-state index in [2.05, 4.69) is 12.2 Å². The summed E-state index contributed by atoms with van der Waals surface area (Å²) in [7, 11) is 0. The van der Waals surface area contributed by atoms with Gasteiger partial charge in [-0.25, -0.2) is 4.79 Å². The average molecular weight is 390 g/mol. The van der Waals surface area contributed by atoms with Gasteiger partial charge in [-0.3, -0.25) is 4.79 Å². The highest BCUT2D eigenvalue weighted by Gasteiger charge is 2.13. The summed E-state index contributed by atoms with van der Waals surface area (Å²) in [4.78, 5) is 23.4. The normalized spacial score (nSPS) is 10.4. The van der Waals surface area contributed by atoms with Gasteiger partial charge in [0.1, 0.15) is 5.75 Å². The van der Waals surface area contributed by atoms with Gasteiger partial charge < -0.3 is 15.2 Å². The molecule has 5 nitrogen and oxygen atoms in total. The first kappa shape index (κ1) is 20.8. The maximum Gasteiger partial charge on any atom is 0.335 e. The number of hydrogen-bond acceptors (Lipinski definition) is 3. The van der Waals surface area contributed by atoms with Crippen LogP contribution in [0, 0.1) is 0 Å². The van der Waals surface area contributed by atoms with Gasteiger partial charge in [-0.05, 0) is 48.7 Å². The Morgan fingerprint density at radius 1 is 1.11 bits per heavy atom. The smallest absolute Gasteiger partial charge is 0.335 e. The van der Waals surface area contributed by atoms with Gasteiger partial charge in [-0.2, -0.15) is 0 Å². The molecule has 0 heterocycles. The molecule has 2 aromatic carbocycles. The van der Waals surface area contributed by atoms with Gasteiger partial charge in [0, 0.05) is 11.6 Å². The van der Waals surface area contributed by atoms with Gasteiger partial charge in [-0.1, -0.05) is 43.5 Å². The molecule has 0 aliphatic rings. The number of hydrogen-bond donors (Lipinski definition) is 2. The Hall–Kier alpha value is -2.53. The van der Waals surface area contributed by atoms with Gasteiger partial charge in [0.05, 0.1) is 17.7 Å². The lowest BCUT2D eigenvalue weighted by atomic mass is 10.1. The Morgan fingerprint density at radius 3 is 2.52 bits per heavy atom. The number of benzene rings is 2. The Balaban J connectivity index is 1.92. The second-order valence-corrected chi connectivity index (χ2v) is 6.64. The lowest BCUT2D eigenvalue weighted by Crippen LogP contribution is -2.26. The zero-order valence-corrected chi connectivity index (χ0v) is 16.1. The molecule has 0 atom stereocenters. The van der Waals surface area contributed by atoms with Crippen molar-refractivity contribution in [1.82, 2.24) is 5.32 Å². The first-order chi connectivity index (χ1) is 13.0. The Bertz CT molecular complexity index is 774. The average Bonchev–Trinajstić information content (AvgIpc) is 2.66. The summed E-state index contributed by atoms with van der Waals surface area (Å²) >= 11 is 6.03. The standard InChI is InChI=1S/C21H24ClNO4/c1-2-3-4-13-27-19-10-9-17(22)14-18(19)20(24)23-12-11-15-5-7-16(8-6-15)21(25)26/h5-10,14H,2-4,11-13H2,1H3,(H,23,24)(H,25,26). The van der Waals surface area contributed by atoms with Crippen molar-refractivity contribution in [3.63, 3.8) is 0 Å². The van der Waals surface area contributed by atoms with Crippen LogP contribution in [-0.2, 0) is 6.42 Å². The molecule has 2 aromatic rings. The summed E-state index contributed by atoms with van der Waals surface area (Å²) in [5.41, 5.74) is 1.61. The molecule has 0 aromatic heterocycles. The number of halogens is 1. The van der Waals surface area contributed by atoms with Crippen molar-refractivity contribution in [3.8, 4) is 5.75 Å². The predicted octanol–water partition coefficient (Wildman–Crippen LogP) is 4.58. The SMILES string of the molecule is CCCCCOc1ccc(Cl)cc1C(=O)NCCc1ccc(C(=O)O)cc1. The third-order valence-corrected chi connectivity index (χ3v) is 4.33. The first-order valence-electron chi connectivity index (χ1n) is 9.04. The maximum absolute atomic E-state index is 12.5. The quantitative estimate of drug-likeness (QED) is 0.583. The van der Waals surface area contributed by atoms with Crippen LogP contribution in [0.15, 0.2) is 42.5 Å². The molecule has 27 heavy (non-hydrogen) atoms. The van der Waals surface area contributed by atoms with Crippen LogP contribution in [0.2, 0.25) is 5.02 Å². The molecule has 0 saturated carbocycles. The van der Waals surface area contributed by atoms with Crippen LogP contribution in [0.5, 0.6) is 5.75 Å². The van der Waals surface area contributed by atoms with E-state index in [0.717, 1.165) is 24.8 Å². The minimum absolute atomic E-state index is 0.242. The number of carboxylic acids is 1. The summed E-state index contributed by atoms with van der Waals surface area (Å²) in [5.74, 6) is -0.675. The van der Waals surface area contributed by atoms with E-state index in [1.54, 1.807) is 42.5 Å². The highest BCUT2D eigenvalue weighted by Crippen LogP contribution is 2.23. The monoisotopic (exact) mass is 389 g/mol. The Labute approximate surface area is 164 Å². The Kier molecular flexibility index (Phi) is 8.14. The molecule has 6 heteroatoms. The number of ether oxygens (including phenoxy) is 1. The highest BCUT2D eigenvalue weighted by molar-refractivity contribution is 6.31. The fourth-order valence-electron chi connectivity index (χ4n) is 2.57. The van der Waals surface area contributed by atoms with Gasteiger partial charge >= 0.3 is 5.97 Å². The van der Waals surface area contributed by atoms with E-state index < -0.39 is 5.97 Å². The van der Waals surface area contributed by atoms with Crippen molar-refractivity contribution < 1.29 is 19.4 Å². The van der Waals surface area contributed by atoms with Gasteiger partial charge in [-0.15, -0.1) is 0 Å². The van der Waals surface area contributed by atoms with Crippen molar-refractivity contribution in [2.75, 3.05) is 13.2 Å². The molecule has 0 radical (unpaired) electrons. The number of carboxylic acid groups (broad SMARTS) is 1. The third-order valence-electron chi connectivity index (χ3n) is 4.09. The van der Waals surface area contributed by atoms with Gasteiger partial charge in [0.15, 0.2) is 0 Å². The van der Waals surface area contributed by atoms with Crippen LogP contribution >= 0.6 is 11.6 Å². The van der Waals surface area contributed by atoms with Crippen LogP contribution in [0.3, 0.4) is 0 Å². The number of nitrogens with one attached hydrogen (secondary N) is 1. The van der Waals surface area contributed by atoms with Crippen molar-refractivity contribution in [2.24, 2.45) is 0 Å². The summed E-state index contributed by atoms with van der Waals surface area (Å²) in [6.07, 6.45) is 3.71. The van der Waals surface area contributed by atoms with Crippen molar-refractivity contribution in [2.45, 2.75) is 32.6 Å². The lowest BCUT2D eigenvalue weighted by Gasteiger charge is -2.12. The van der Waals surface area contributed by atoms with E-state index in [0.29, 0.717) is 35.9 Å². The molecule has 0 bridgehead atoms. The molecule has 0 aliphatic heterocycles. The number of aromatic carboxylic acids is 1. The molecule has 0 fully saturated rings. The molecular formula is C21H24ClNO4. The van der Waals surface area contributed by atoms with Crippen LogP contribution in [0.4, 0.5) is 0 Å². The van der Waals surface area contributed by atoms with Crippen LogP contribution in [0.1, 0.15) is 52.5 Å². The molecule has 2 rings (SSSR count). The number of amides is 1. The largest absolute Gasteiger partial charge is 0.493 e. The fraction of sp³-hybridized carbons (Fsp3) is 0.333. The number of rotatable bonds is 10. The van der Waals surface area contributed by atoms with E-state index in [1.807, 2.05) is 0 Å². The van der Waals surface area contributed by atoms with Crippen LogP contribution < -0.4 is 10.1 Å². The van der Waals surface area contributed by atoms with Crippen molar-refractivity contribution in [3.05, 3.63) is 64.2 Å². The molecule has 2 N–H and O–H groups in total. The first-order valence-corrected chi connectivity index (χ1v) is 9.42. The topological polar surface area (TPSA) is 75.6 Å². The highest BCUT2D eigenvalue weighted by atomic mass is 35.5. The summed E-state index contributed by atoms with van der Waals surface area (Å²) in [6.45, 7) is 3.11.